The minimum absolute atomic E-state index is 0.179. The maximum atomic E-state index is 12.5. The Morgan fingerprint density at radius 1 is 1.15 bits per heavy atom. The Morgan fingerprint density at radius 2 is 1.94 bits per heavy atom. The van der Waals surface area contributed by atoms with E-state index in [-0.39, 0.29) is 11.7 Å². The molecule has 0 aliphatic heterocycles. The van der Waals surface area contributed by atoms with Gasteiger partial charge in [-0.3, -0.25) is 4.79 Å². The van der Waals surface area contributed by atoms with Gasteiger partial charge in [-0.15, -0.1) is 21.5 Å². The molecule has 1 amide bonds. The molecule has 0 radical (unpaired) electrons. The van der Waals surface area contributed by atoms with Gasteiger partial charge in [-0.25, -0.2) is 4.98 Å². The summed E-state index contributed by atoms with van der Waals surface area (Å²) in [5.74, 6) is 1.56. The van der Waals surface area contributed by atoms with Crippen LogP contribution in [0.1, 0.15) is 13.8 Å². The van der Waals surface area contributed by atoms with Crippen LogP contribution in [0.3, 0.4) is 0 Å². The molecule has 2 aromatic heterocycles. The van der Waals surface area contributed by atoms with Crippen LogP contribution in [-0.2, 0) is 11.3 Å². The summed E-state index contributed by atoms with van der Waals surface area (Å²) in [6.45, 7) is 5.26. The summed E-state index contributed by atoms with van der Waals surface area (Å²) in [5.41, 5.74) is 2.38. The molecule has 2 aromatic carbocycles. The number of carbonyl (C=O) groups is 1. The number of hydrogen-bond acceptors (Lipinski definition) is 7. The van der Waals surface area contributed by atoms with E-state index < -0.39 is 0 Å². The van der Waals surface area contributed by atoms with Crippen LogP contribution in [0.15, 0.2) is 53.0 Å². The Bertz CT molecular complexity index is 1290. The normalized spacial score (nSPS) is 10.9. The number of thiazole rings is 1. The number of rotatable bonds is 9. The van der Waals surface area contributed by atoms with E-state index in [1.807, 2.05) is 48.1 Å². The monoisotopic (exact) mass is 533 g/mol. The van der Waals surface area contributed by atoms with Gasteiger partial charge in [-0.1, -0.05) is 35.0 Å². The SMILES string of the molecule is CCOc1ccc(-c2nnc(SCC(=O)Nc3nc(-c4ccc(Cl)cc4Cl)cs3)n2CC)cc1. The van der Waals surface area contributed by atoms with Gasteiger partial charge in [0.25, 0.3) is 0 Å². The molecule has 0 unspecified atom stereocenters. The second-order valence-electron chi connectivity index (χ2n) is 7.01. The van der Waals surface area contributed by atoms with Crippen molar-refractivity contribution in [1.82, 2.24) is 19.7 Å². The molecule has 7 nitrogen and oxygen atoms in total. The molecule has 4 aromatic rings. The number of carbonyl (C=O) groups excluding carboxylic acids is 1. The molecule has 0 aliphatic carbocycles. The van der Waals surface area contributed by atoms with Crippen LogP contribution in [0.25, 0.3) is 22.6 Å². The first-order valence-corrected chi connectivity index (χ1v) is 13.1. The maximum absolute atomic E-state index is 12.5. The predicted octanol–water partition coefficient (Wildman–Crippen LogP) is 6.52. The van der Waals surface area contributed by atoms with Crippen molar-refractivity contribution >= 4 is 57.3 Å². The van der Waals surface area contributed by atoms with Gasteiger partial charge in [0.1, 0.15) is 5.75 Å². The molecule has 176 valence electrons. The number of hydrogen-bond donors (Lipinski definition) is 1. The van der Waals surface area contributed by atoms with Crippen LogP contribution in [0, 0.1) is 0 Å². The predicted molar refractivity (Wildman–Crippen MR) is 139 cm³/mol. The largest absolute Gasteiger partial charge is 0.494 e. The summed E-state index contributed by atoms with van der Waals surface area (Å²) < 4.78 is 7.49. The number of anilines is 1. The molecular formula is C23H21Cl2N5O2S2. The highest BCUT2D eigenvalue weighted by Gasteiger charge is 2.16. The Labute approximate surface area is 215 Å². The third-order valence-electron chi connectivity index (χ3n) is 4.75. The van der Waals surface area contributed by atoms with Crippen molar-refractivity contribution in [2.24, 2.45) is 0 Å². The number of aromatic nitrogens is 4. The molecule has 0 spiro atoms. The summed E-state index contributed by atoms with van der Waals surface area (Å²) >= 11 is 14.9. The van der Waals surface area contributed by atoms with Crippen molar-refractivity contribution in [3.63, 3.8) is 0 Å². The van der Waals surface area contributed by atoms with Gasteiger partial charge in [0.05, 0.1) is 23.1 Å². The van der Waals surface area contributed by atoms with Crippen molar-refractivity contribution in [3.05, 3.63) is 57.9 Å². The molecule has 1 N–H and O–H groups in total. The minimum atomic E-state index is -0.179. The Morgan fingerprint density at radius 3 is 2.65 bits per heavy atom. The van der Waals surface area contributed by atoms with Crippen molar-refractivity contribution in [2.75, 3.05) is 17.7 Å². The van der Waals surface area contributed by atoms with Gasteiger partial charge < -0.3 is 14.6 Å². The third-order valence-corrected chi connectivity index (χ3v) is 7.02. The van der Waals surface area contributed by atoms with E-state index in [0.717, 1.165) is 22.7 Å². The van der Waals surface area contributed by atoms with Gasteiger partial charge in [0, 0.05) is 28.1 Å². The van der Waals surface area contributed by atoms with Crippen LogP contribution in [0.4, 0.5) is 5.13 Å². The first kappa shape index (κ1) is 24.5. The molecule has 2 heterocycles. The van der Waals surface area contributed by atoms with Crippen LogP contribution in [0.5, 0.6) is 5.75 Å². The second-order valence-corrected chi connectivity index (χ2v) is 9.65. The number of nitrogens with one attached hydrogen (secondary N) is 1. The number of amides is 1. The van der Waals surface area contributed by atoms with E-state index in [1.54, 1.807) is 18.2 Å². The molecule has 0 fully saturated rings. The topological polar surface area (TPSA) is 81.9 Å². The lowest BCUT2D eigenvalue weighted by molar-refractivity contribution is -0.113. The van der Waals surface area contributed by atoms with Crippen LogP contribution >= 0.6 is 46.3 Å². The summed E-state index contributed by atoms with van der Waals surface area (Å²) in [7, 11) is 0. The van der Waals surface area contributed by atoms with Gasteiger partial charge in [0.15, 0.2) is 16.1 Å². The molecule has 4 rings (SSSR count). The molecule has 0 saturated carbocycles. The number of benzene rings is 2. The number of halogens is 2. The van der Waals surface area contributed by atoms with E-state index in [4.69, 9.17) is 27.9 Å². The molecule has 0 aliphatic rings. The molecular weight excluding hydrogens is 513 g/mol. The zero-order valence-corrected chi connectivity index (χ0v) is 21.6. The van der Waals surface area contributed by atoms with Crippen molar-refractivity contribution < 1.29 is 9.53 Å². The molecule has 34 heavy (non-hydrogen) atoms. The first-order valence-electron chi connectivity index (χ1n) is 10.5. The van der Waals surface area contributed by atoms with E-state index in [2.05, 4.69) is 20.5 Å². The van der Waals surface area contributed by atoms with Gasteiger partial charge in [-0.05, 0) is 56.3 Å². The summed E-state index contributed by atoms with van der Waals surface area (Å²) in [6, 6.07) is 13.0. The Kier molecular flexibility index (Phi) is 8.10. The van der Waals surface area contributed by atoms with Crippen molar-refractivity contribution in [3.8, 4) is 28.4 Å². The van der Waals surface area contributed by atoms with E-state index in [1.165, 1.54) is 23.1 Å². The highest BCUT2D eigenvalue weighted by Crippen LogP contribution is 2.32. The highest BCUT2D eigenvalue weighted by atomic mass is 35.5. The van der Waals surface area contributed by atoms with Crippen molar-refractivity contribution in [2.45, 2.75) is 25.5 Å². The number of ether oxygens (including phenoxy) is 1. The number of thioether (sulfide) groups is 1. The number of nitrogens with zero attached hydrogens (tertiary/aromatic N) is 4. The molecule has 0 atom stereocenters. The maximum Gasteiger partial charge on any atom is 0.236 e. The quantitative estimate of drug-likeness (QED) is 0.246. The lowest BCUT2D eigenvalue weighted by atomic mass is 10.2. The van der Waals surface area contributed by atoms with Crippen LogP contribution in [0.2, 0.25) is 10.0 Å². The summed E-state index contributed by atoms with van der Waals surface area (Å²) in [4.78, 5) is 17.0. The first-order chi connectivity index (χ1) is 16.5. The standard InChI is InChI=1S/C23H21Cl2N5O2S2/c1-3-30-21(14-5-8-16(9-6-14)32-4-2)28-29-23(30)34-13-20(31)27-22-26-19(12-33-22)17-10-7-15(24)11-18(17)25/h5-12H,3-4,13H2,1-2H3,(H,26,27,31). The van der Waals surface area contributed by atoms with E-state index in [0.29, 0.717) is 39.2 Å². The van der Waals surface area contributed by atoms with Gasteiger partial charge in [0.2, 0.25) is 5.91 Å². The highest BCUT2D eigenvalue weighted by molar-refractivity contribution is 7.99. The smallest absolute Gasteiger partial charge is 0.236 e. The van der Waals surface area contributed by atoms with Crippen molar-refractivity contribution in [1.29, 1.82) is 0 Å². The Hall–Kier alpha value is -2.59. The Balaban J connectivity index is 1.39. The summed E-state index contributed by atoms with van der Waals surface area (Å²) in [6.07, 6.45) is 0. The lowest BCUT2D eigenvalue weighted by Crippen LogP contribution is -2.14. The zero-order chi connectivity index (χ0) is 24.1. The fraction of sp³-hybridized carbons (Fsp3) is 0.217. The fourth-order valence-corrected chi connectivity index (χ4v) is 5.23. The third kappa shape index (κ3) is 5.72. The average molecular weight is 534 g/mol. The van der Waals surface area contributed by atoms with E-state index >= 15 is 0 Å². The second kappa shape index (κ2) is 11.2. The van der Waals surface area contributed by atoms with Crippen LogP contribution in [-0.4, -0.2) is 38.0 Å². The summed E-state index contributed by atoms with van der Waals surface area (Å²) in [5, 5.41) is 15.5. The average Bonchev–Trinajstić information content (AvgIpc) is 3.45. The molecule has 0 saturated heterocycles. The van der Waals surface area contributed by atoms with Crippen LogP contribution < -0.4 is 10.1 Å². The lowest BCUT2D eigenvalue weighted by Gasteiger charge is -2.08. The van der Waals surface area contributed by atoms with Gasteiger partial charge >= 0.3 is 0 Å². The zero-order valence-electron chi connectivity index (χ0n) is 18.4. The minimum Gasteiger partial charge on any atom is -0.494 e. The van der Waals surface area contributed by atoms with E-state index in [9.17, 15) is 4.79 Å². The molecule has 0 bridgehead atoms. The fourth-order valence-electron chi connectivity index (χ4n) is 3.20. The molecule has 11 heteroatoms. The van der Waals surface area contributed by atoms with Gasteiger partial charge in [-0.2, -0.15) is 0 Å².